The van der Waals surface area contributed by atoms with E-state index in [1.165, 1.54) is 11.8 Å². The Kier molecular flexibility index (Phi) is 5.65. The van der Waals surface area contributed by atoms with E-state index in [1.807, 2.05) is 62.4 Å². The molecule has 0 bridgehead atoms. The Morgan fingerprint density at radius 1 is 1.08 bits per heavy atom. The molecule has 1 heterocycles. The van der Waals surface area contributed by atoms with Gasteiger partial charge in [0.25, 0.3) is 0 Å². The van der Waals surface area contributed by atoms with Crippen molar-refractivity contribution in [1.82, 2.24) is 20.2 Å². The Bertz CT molecular complexity index is 860. The van der Waals surface area contributed by atoms with Crippen LogP contribution in [0, 0.1) is 0 Å². The molecule has 0 spiro atoms. The molecule has 0 unspecified atom stereocenters. The van der Waals surface area contributed by atoms with Gasteiger partial charge in [-0.25, -0.2) is 4.68 Å². The van der Waals surface area contributed by atoms with E-state index in [4.69, 9.17) is 0 Å². The van der Waals surface area contributed by atoms with Gasteiger partial charge >= 0.3 is 0 Å². The Morgan fingerprint density at radius 2 is 1.68 bits per heavy atom. The number of carbonyl (C=O) groups excluding carboxylic acids is 1. The lowest BCUT2D eigenvalue weighted by Gasteiger charge is -2.07. The van der Waals surface area contributed by atoms with Gasteiger partial charge < -0.3 is 0 Å². The number of ketones is 1. The standard InChI is InChI=1S/C18H17BrN4OS/c1-12(2)23-18(20-21-22-23)25-11-17(24)15-5-3-13(4-6-15)14-7-9-16(19)10-8-14/h3-10,12H,11H2,1-2H3. The molecule has 5 nitrogen and oxygen atoms in total. The second kappa shape index (κ2) is 7.93. The van der Waals surface area contributed by atoms with E-state index in [-0.39, 0.29) is 11.8 Å². The highest BCUT2D eigenvalue weighted by atomic mass is 79.9. The number of thioether (sulfide) groups is 1. The number of hydrogen-bond acceptors (Lipinski definition) is 5. The van der Waals surface area contributed by atoms with Gasteiger partial charge in [0.05, 0.1) is 11.8 Å². The van der Waals surface area contributed by atoms with Crippen molar-refractivity contribution >= 4 is 33.5 Å². The highest BCUT2D eigenvalue weighted by molar-refractivity contribution is 9.10. The minimum absolute atomic E-state index is 0.0608. The molecule has 3 aromatic rings. The summed E-state index contributed by atoms with van der Waals surface area (Å²) in [6.07, 6.45) is 0. The van der Waals surface area contributed by atoms with E-state index in [0.717, 1.165) is 15.6 Å². The minimum Gasteiger partial charge on any atom is -0.293 e. The summed E-state index contributed by atoms with van der Waals surface area (Å²) >= 11 is 4.79. The van der Waals surface area contributed by atoms with Crippen molar-refractivity contribution in [2.75, 3.05) is 5.75 Å². The molecule has 128 valence electrons. The molecule has 7 heteroatoms. The number of nitrogens with zero attached hydrogens (tertiary/aromatic N) is 4. The molecule has 3 rings (SSSR count). The molecule has 0 saturated carbocycles. The number of tetrazole rings is 1. The molecule has 25 heavy (non-hydrogen) atoms. The van der Waals surface area contributed by atoms with Crippen molar-refractivity contribution in [3.05, 3.63) is 58.6 Å². The van der Waals surface area contributed by atoms with E-state index >= 15 is 0 Å². The summed E-state index contributed by atoms with van der Waals surface area (Å²) in [5.41, 5.74) is 2.89. The number of rotatable bonds is 6. The lowest BCUT2D eigenvalue weighted by Crippen LogP contribution is -2.07. The molecule has 0 aliphatic heterocycles. The first-order valence-electron chi connectivity index (χ1n) is 7.84. The maximum Gasteiger partial charge on any atom is 0.209 e. The topological polar surface area (TPSA) is 60.7 Å². The lowest BCUT2D eigenvalue weighted by molar-refractivity contribution is 0.102. The highest BCUT2D eigenvalue weighted by Gasteiger charge is 2.13. The van der Waals surface area contributed by atoms with Crippen LogP contribution in [0.1, 0.15) is 30.2 Å². The Balaban J connectivity index is 1.66. The molecule has 0 aliphatic rings. The average molecular weight is 417 g/mol. The van der Waals surface area contributed by atoms with E-state index in [0.29, 0.717) is 16.5 Å². The molecule has 0 atom stereocenters. The largest absolute Gasteiger partial charge is 0.293 e. The fourth-order valence-corrected chi connectivity index (χ4v) is 3.47. The van der Waals surface area contributed by atoms with E-state index in [1.54, 1.807) is 4.68 Å². The number of Topliss-reactive ketones (excluding diaryl/α,β-unsaturated/α-hetero) is 1. The third kappa shape index (κ3) is 4.35. The molecule has 0 N–H and O–H groups in total. The van der Waals surface area contributed by atoms with Gasteiger partial charge in [0.1, 0.15) is 0 Å². The molecule has 0 aliphatic carbocycles. The zero-order chi connectivity index (χ0) is 17.8. The van der Waals surface area contributed by atoms with Crippen LogP contribution in [-0.4, -0.2) is 31.7 Å². The van der Waals surface area contributed by atoms with Crippen LogP contribution in [-0.2, 0) is 0 Å². The first-order valence-corrected chi connectivity index (χ1v) is 9.62. The van der Waals surface area contributed by atoms with Crippen LogP contribution in [0.2, 0.25) is 0 Å². The predicted molar refractivity (Wildman–Crippen MR) is 103 cm³/mol. The predicted octanol–water partition coefficient (Wildman–Crippen LogP) is 4.66. The van der Waals surface area contributed by atoms with Crippen molar-refractivity contribution in [3.8, 4) is 11.1 Å². The Hall–Kier alpha value is -1.99. The maximum absolute atomic E-state index is 12.4. The SMILES string of the molecule is CC(C)n1nnnc1SCC(=O)c1ccc(-c2ccc(Br)cc2)cc1. The number of aromatic nitrogens is 4. The Morgan fingerprint density at radius 3 is 2.28 bits per heavy atom. The minimum atomic E-state index is 0.0608. The third-order valence-electron chi connectivity index (χ3n) is 3.67. The van der Waals surface area contributed by atoms with E-state index in [2.05, 4.69) is 31.5 Å². The first-order chi connectivity index (χ1) is 12.0. The maximum atomic E-state index is 12.4. The summed E-state index contributed by atoms with van der Waals surface area (Å²) in [5.74, 6) is 0.371. The zero-order valence-corrected chi connectivity index (χ0v) is 16.3. The lowest BCUT2D eigenvalue weighted by atomic mass is 10.0. The van der Waals surface area contributed by atoms with Gasteiger partial charge in [-0.3, -0.25) is 4.79 Å². The van der Waals surface area contributed by atoms with Gasteiger partial charge in [-0.05, 0) is 47.5 Å². The van der Waals surface area contributed by atoms with Crippen LogP contribution in [0.3, 0.4) is 0 Å². The smallest absolute Gasteiger partial charge is 0.209 e. The van der Waals surface area contributed by atoms with Crippen molar-refractivity contribution in [2.45, 2.75) is 25.0 Å². The molecule has 1 aromatic heterocycles. The number of hydrogen-bond donors (Lipinski definition) is 0. The molecular formula is C18H17BrN4OS. The van der Waals surface area contributed by atoms with Gasteiger partial charge in [0.15, 0.2) is 5.78 Å². The summed E-state index contributed by atoms with van der Waals surface area (Å²) in [7, 11) is 0. The van der Waals surface area contributed by atoms with Crippen molar-refractivity contribution in [3.63, 3.8) is 0 Å². The fourth-order valence-electron chi connectivity index (χ4n) is 2.31. The summed E-state index contributed by atoms with van der Waals surface area (Å²) in [6.45, 7) is 4.01. The van der Waals surface area contributed by atoms with E-state index in [9.17, 15) is 4.79 Å². The first kappa shape index (κ1) is 17.8. The average Bonchev–Trinajstić information content (AvgIpc) is 3.09. The third-order valence-corrected chi connectivity index (χ3v) is 5.13. The molecule has 0 fully saturated rings. The van der Waals surface area contributed by atoms with Gasteiger partial charge in [0, 0.05) is 10.0 Å². The molecule has 0 saturated heterocycles. The van der Waals surface area contributed by atoms with Crippen LogP contribution in [0.4, 0.5) is 0 Å². The van der Waals surface area contributed by atoms with Crippen LogP contribution in [0.5, 0.6) is 0 Å². The molecule has 0 amide bonds. The molecular weight excluding hydrogens is 400 g/mol. The van der Waals surface area contributed by atoms with Crippen molar-refractivity contribution < 1.29 is 4.79 Å². The van der Waals surface area contributed by atoms with Gasteiger partial charge in [-0.1, -0.05) is 64.1 Å². The second-order valence-corrected chi connectivity index (χ2v) is 7.65. The van der Waals surface area contributed by atoms with Crippen LogP contribution in [0.25, 0.3) is 11.1 Å². The monoisotopic (exact) mass is 416 g/mol. The number of benzene rings is 2. The number of carbonyl (C=O) groups is 1. The van der Waals surface area contributed by atoms with Crippen molar-refractivity contribution in [1.29, 1.82) is 0 Å². The fraction of sp³-hybridized carbons (Fsp3) is 0.222. The summed E-state index contributed by atoms with van der Waals surface area (Å²) in [4.78, 5) is 12.4. The van der Waals surface area contributed by atoms with E-state index < -0.39 is 0 Å². The highest BCUT2D eigenvalue weighted by Crippen LogP contribution is 2.23. The second-order valence-electron chi connectivity index (χ2n) is 5.80. The van der Waals surface area contributed by atoms with Gasteiger partial charge in [0.2, 0.25) is 5.16 Å². The molecule has 0 radical (unpaired) electrons. The van der Waals surface area contributed by atoms with Crippen molar-refractivity contribution in [2.24, 2.45) is 0 Å². The van der Waals surface area contributed by atoms with Crippen LogP contribution >= 0.6 is 27.7 Å². The zero-order valence-electron chi connectivity index (χ0n) is 13.9. The summed E-state index contributed by atoms with van der Waals surface area (Å²) in [6, 6.07) is 15.9. The molecule has 2 aromatic carbocycles. The summed E-state index contributed by atoms with van der Waals surface area (Å²) in [5, 5.41) is 12.2. The van der Waals surface area contributed by atoms with Gasteiger partial charge in [-0.15, -0.1) is 5.10 Å². The quantitative estimate of drug-likeness (QED) is 0.431. The normalized spacial score (nSPS) is 11.0. The Labute approximate surface area is 159 Å². The van der Waals surface area contributed by atoms with Crippen LogP contribution < -0.4 is 0 Å². The number of halogens is 1. The van der Waals surface area contributed by atoms with Gasteiger partial charge in [-0.2, -0.15) is 0 Å². The summed E-state index contributed by atoms with van der Waals surface area (Å²) < 4.78 is 2.76. The van der Waals surface area contributed by atoms with Crippen LogP contribution in [0.15, 0.2) is 58.2 Å².